The summed E-state index contributed by atoms with van der Waals surface area (Å²) < 4.78 is 36.7. The third-order valence-corrected chi connectivity index (χ3v) is 10.9. The van der Waals surface area contributed by atoms with Crippen molar-refractivity contribution in [3.8, 4) is 22.5 Å². The van der Waals surface area contributed by atoms with Gasteiger partial charge in [0.2, 0.25) is 0 Å². The number of ether oxygens (including phenoxy) is 1. The zero-order valence-electron chi connectivity index (χ0n) is 30.7. The Labute approximate surface area is 299 Å². The summed E-state index contributed by atoms with van der Waals surface area (Å²) in [6.45, 7) is 13.1. The fraction of sp³-hybridized carbons (Fsp3) is 0.463. The molecule has 50 heavy (non-hydrogen) atoms. The molecule has 3 aromatic carbocycles. The van der Waals surface area contributed by atoms with E-state index in [2.05, 4.69) is 91.9 Å². The lowest BCUT2D eigenvalue weighted by Gasteiger charge is -2.32. The number of unbranched alkanes of at least 4 members (excludes halogenated alkanes) is 7. The van der Waals surface area contributed by atoms with Crippen LogP contribution < -0.4 is 5.32 Å². The van der Waals surface area contributed by atoms with Gasteiger partial charge in [0.1, 0.15) is 31.4 Å². The van der Waals surface area contributed by atoms with Crippen molar-refractivity contribution in [1.82, 2.24) is 14.5 Å². The van der Waals surface area contributed by atoms with Crippen molar-refractivity contribution in [3.05, 3.63) is 96.3 Å². The van der Waals surface area contributed by atoms with Crippen LogP contribution in [0.3, 0.4) is 0 Å². The number of amides is 2. The van der Waals surface area contributed by atoms with Crippen molar-refractivity contribution in [3.63, 3.8) is 0 Å². The summed E-state index contributed by atoms with van der Waals surface area (Å²) in [6.07, 6.45) is 9.94. The molecule has 0 aliphatic carbocycles. The molecule has 0 fully saturated rings. The lowest BCUT2D eigenvalue weighted by molar-refractivity contribution is 0.0627. The van der Waals surface area contributed by atoms with E-state index in [-0.39, 0.29) is 17.6 Å². The Hall–Kier alpha value is -3.82. The predicted octanol–water partition coefficient (Wildman–Crippen LogP) is 11.5. The second kappa shape index (κ2) is 19.5. The summed E-state index contributed by atoms with van der Waals surface area (Å²) in [5.41, 5.74) is 4.29. The van der Waals surface area contributed by atoms with Crippen LogP contribution >= 0.6 is 0 Å². The monoisotopic (exact) mass is 702 g/mol. The van der Waals surface area contributed by atoms with Gasteiger partial charge >= 0.3 is 6.03 Å². The summed E-state index contributed by atoms with van der Waals surface area (Å²) in [6, 6.07) is 23.8. The minimum atomic E-state index is -1.85. The maximum atomic E-state index is 14.3. The number of nitrogens with zero attached hydrogens (tertiary/aromatic N) is 3. The molecule has 1 heterocycles. The second-order valence-electron chi connectivity index (χ2n) is 14.1. The van der Waals surface area contributed by atoms with Crippen LogP contribution in [0.25, 0.3) is 22.5 Å². The third kappa shape index (κ3) is 11.1. The highest BCUT2D eigenvalue weighted by atomic mass is 28.3. The highest BCUT2D eigenvalue weighted by molar-refractivity contribution is 6.76. The molecule has 4 aromatic rings. The molecule has 0 radical (unpaired) electrons. The summed E-state index contributed by atoms with van der Waals surface area (Å²) >= 11 is 0. The molecule has 270 valence electrons. The van der Waals surface area contributed by atoms with Crippen LogP contribution in [0, 0.1) is 11.6 Å². The molecular formula is C41H56F2N4O2Si. The van der Waals surface area contributed by atoms with Crippen molar-refractivity contribution in [2.45, 2.75) is 104 Å². The molecule has 0 saturated heterocycles. The van der Waals surface area contributed by atoms with E-state index < -0.39 is 19.7 Å². The van der Waals surface area contributed by atoms with E-state index in [4.69, 9.17) is 9.72 Å². The standard InChI is InChI=1S/C41H56F2N4O2Si/c1-6-8-9-11-20-29-46(40(48)44-36-28-27-34(42)31-35(36)43)30-21-12-10-19-26-37-45-38(32-22-15-13-16-23-32)39(33-24-17-14-18-25-33)47(37)41(49-7-2)50(3,4)5/h13-18,22-25,27-28,31,41H,6-12,19-21,26,29-30H2,1-5H3,(H,44,48). The van der Waals surface area contributed by atoms with Crippen molar-refractivity contribution in [2.75, 3.05) is 25.0 Å². The number of anilines is 1. The number of aromatic nitrogens is 2. The van der Waals surface area contributed by atoms with Gasteiger partial charge in [-0.3, -0.25) is 0 Å². The molecular weight excluding hydrogens is 647 g/mol. The number of imidazole rings is 1. The molecule has 1 atom stereocenters. The molecule has 0 spiro atoms. The first kappa shape index (κ1) is 39.0. The fourth-order valence-corrected chi connectivity index (χ4v) is 8.11. The molecule has 1 unspecified atom stereocenters. The first-order valence-electron chi connectivity index (χ1n) is 18.5. The second-order valence-corrected chi connectivity index (χ2v) is 19.3. The molecule has 9 heteroatoms. The normalized spacial score (nSPS) is 12.2. The van der Waals surface area contributed by atoms with Crippen molar-refractivity contribution in [2.24, 2.45) is 0 Å². The van der Waals surface area contributed by atoms with Crippen LogP contribution in [0.4, 0.5) is 19.3 Å². The Balaban J connectivity index is 1.48. The highest BCUT2D eigenvalue weighted by Gasteiger charge is 2.34. The summed E-state index contributed by atoms with van der Waals surface area (Å²) in [5.74, 6) is -0.473. The molecule has 4 rings (SSSR count). The number of halogens is 2. The largest absolute Gasteiger partial charge is 0.362 e. The molecule has 0 aliphatic heterocycles. The Morgan fingerprint density at radius 2 is 1.42 bits per heavy atom. The lowest BCUT2D eigenvalue weighted by Crippen LogP contribution is -2.38. The Kier molecular flexibility index (Phi) is 15.2. The molecule has 6 nitrogen and oxygen atoms in total. The number of hydrogen-bond acceptors (Lipinski definition) is 3. The minimum Gasteiger partial charge on any atom is -0.362 e. The number of hydrogen-bond donors (Lipinski definition) is 1. The average Bonchev–Trinajstić information content (AvgIpc) is 3.47. The van der Waals surface area contributed by atoms with Gasteiger partial charge in [-0.2, -0.15) is 0 Å². The van der Waals surface area contributed by atoms with Gasteiger partial charge in [0.05, 0.1) is 17.1 Å². The minimum absolute atomic E-state index is 0.00342. The molecule has 0 aliphatic rings. The maximum absolute atomic E-state index is 14.3. The van der Waals surface area contributed by atoms with Crippen LogP contribution in [-0.4, -0.2) is 48.3 Å². The van der Waals surface area contributed by atoms with Crippen LogP contribution in [-0.2, 0) is 11.2 Å². The number of carbonyl (C=O) groups is 1. The SMILES string of the molecule is CCCCCCCN(CCCCCCc1nc(-c2ccccc2)c(-c2ccccc2)n1C(OCC)[Si](C)(C)C)C(=O)Nc1ccc(F)cc1F. The smallest absolute Gasteiger partial charge is 0.321 e. The molecule has 0 bridgehead atoms. The molecule has 1 aromatic heterocycles. The Bertz CT molecular complexity index is 1610. The molecule has 2 amide bonds. The van der Waals surface area contributed by atoms with Crippen molar-refractivity contribution >= 4 is 19.8 Å². The highest BCUT2D eigenvalue weighted by Crippen LogP contribution is 2.38. The number of nitrogens with one attached hydrogen (secondary N) is 1. The van der Waals surface area contributed by atoms with E-state index in [1.54, 1.807) is 4.90 Å². The zero-order chi connectivity index (χ0) is 35.9. The van der Waals surface area contributed by atoms with E-state index in [0.717, 1.165) is 98.3 Å². The van der Waals surface area contributed by atoms with Gasteiger partial charge in [0, 0.05) is 43.3 Å². The Morgan fingerprint density at radius 3 is 2.00 bits per heavy atom. The van der Waals surface area contributed by atoms with Gasteiger partial charge in [-0.05, 0) is 38.3 Å². The van der Waals surface area contributed by atoms with Gasteiger partial charge in [-0.25, -0.2) is 18.6 Å². The number of benzene rings is 3. The first-order chi connectivity index (χ1) is 24.1. The number of rotatable bonds is 20. The van der Waals surface area contributed by atoms with Gasteiger partial charge in [0.15, 0.2) is 0 Å². The lowest BCUT2D eigenvalue weighted by atomic mass is 10.0. The van der Waals surface area contributed by atoms with Crippen molar-refractivity contribution < 1.29 is 18.3 Å². The van der Waals surface area contributed by atoms with Gasteiger partial charge in [-0.1, -0.05) is 126 Å². The van der Waals surface area contributed by atoms with E-state index in [1.165, 1.54) is 12.5 Å². The predicted molar refractivity (Wildman–Crippen MR) is 205 cm³/mol. The fourth-order valence-electron chi connectivity index (χ4n) is 6.39. The third-order valence-electron chi connectivity index (χ3n) is 8.95. The van der Waals surface area contributed by atoms with Crippen LogP contribution in [0.5, 0.6) is 0 Å². The van der Waals surface area contributed by atoms with E-state index >= 15 is 0 Å². The topological polar surface area (TPSA) is 59.4 Å². The quantitative estimate of drug-likeness (QED) is 0.0737. The van der Waals surface area contributed by atoms with Crippen molar-refractivity contribution in [1.29, 1.82) is 0 Å². The van der Waals surface area contributed by atoms with E-state index in [9.17, 15) is 13.6 Å². The zero-order valence-corrected chi connectivity index (χ0v) is 31.7. The van der Waals surface area contributed by atoms with E-state index in [1.807, 2.05) is 12.1 Å². The Morgan fingerprint density at radius 1 is 0.820 bits per heavy atom. The maximum Gasteiger partial charge on any atom is 0.321 e. The number of aryl methyl sites for hydroxylation is 1. The van der Waals surface area contributed by atoms with Gasteiger partial charge in [-0.15, -0.1) is 0 Å². The van der Waals surface area contributed by atoms with Crippen LogP contribution in [0.1, 0.15) is 83.3 Å². The molecule has 0 saturated carbocycles. The van der Waals surface area contributed by atoms with E-state index in [0.29, 0.717) is 19.7 Å². The molecule has 1 N–H and O–H groups in total. The first-order valence-corrected chi connectivity index (χ1v) is 22.1. The number of carbonyl (C=O) groups excluding carboxylic acids is 1. The van der Waals surface area contributed by atoms with Crippen LogP contribution in [0.15, 0.2) is 78.9 Å². The number of urea groups is 1. The summed E-state index contributed by atoms with van der Waals surface area (Å²) in [5, 5.41) is 2.66. The summed E-state index contributed by atoms with van der Waals surface area (Å²) in [7, 11) is -1.85. The van der Waals surface area contributed by atoms with Gasteiger partial charge in [0.25, 0.3) is 0 Å². The van der Waals surface area contributed by atoms with Gasteiger partial charge < -0.3 is 19.5 Å². The average molecular weight is 703 g/mol. The van der Waals surface area contributed by atoms with Crippen LogP contribution in [0.2, 0.25) is 19.6 Å². The summed E-state index contributed by atoms with van der Waals surface area (Å²) in [4.78, 5) is 20.3.